The Bertz CT molecular complexity index is 253. The van der Waals surface area contributed by atoms with Crippen molar-refractivity contribution in [2.75, 3.05) is 32.9 Å². The quantitative estimate of drug-likeness (QED) is 0.523. The minimum absolute atomic E-state index is 0.288. The van der Waals surface area contributed by atoms with Gasteiger partial charge in [-0.15, -0.1) is 0 Å². The molecule has 0 bridgehead atoms. The van der Waals surface area contributed by atoms with Crippen molar-refractivity contribution in [3.63, 3.8) is 0 Å². The molecule has 0 amide bonds. The van der Waals surface area contributed by atoms with Crippen molar-refractivity contribution in [1.29, 1.82) is 0 Å². The van der Waals surface area contributed by atoms with E-state index in [0.717, 1.165) is 26.2 Å². The van der Waals surface area contributed by atoms with Crippen LogP contribution in [0.3, 0.4) is 0 Å². The van der Waals surface area contributed by atoms with Gasteiger partial charge in [0.25, 0.3) is 0 Å². The number of hydrogen-bond acceptors (Lipinski definition) is 4. The highest BCUT2D eigenvalue weighted by atomic mass is 16.5. The summed E-state index contributed by atoms with van der Waals surface area (Å²) in [5.41, 5.74) is 0.530. The lowest BCUT2D eigenvalue weighted by atomic mass is 10.1. The standard InChI is InChI=1S/C12H21NO3/c1-4-11-9-15-7-6-13(11)8-10(3)12(14)16-5-2/h11H,3-9H2,1-2H3. The highest BCUT2D eigenvalue weighted by Crippen LogP contribution is 2.12. The van der Waals surface area contributed by atoms with E-state index in [-0.39, 0.29) is 5.97 Å². The van der Waals surface area contributed by atoms with Crippen molar-refractivity contribution in [1.82, 2.24) is 4.90 Å². The van der Waals surface area contributed by atoms with Gasteiger partial charge in [-0.25, -0.2) is 4.79 Å². The van der Waals surface area contributed by atoms with Crippen molar-refractivity contribution in [3.8, 4) is 0 Å². The van der Waals surface area contributed by atoms with Crippen LogP contribution < -0.4 is 0 Å². The van der Waals surface area contributed by atoms with Crippen LogP contribution in [0, 0.1) is 0 Å². The minimum atomic E-state index is -0.288. The number of nitrogens with zero attached hydrogens (tertiary/aromatic N) is 1. The molecule has 1 rings (SSSR count). The second kappa shape index (κ2) is 6.66. The van der Waals surface area contributed by atoms with Crippen LogP contribution in [-0.2, 0) is 14.3 Å². The lowest BCUT2D eigenvalue weighted by molar-refractivity contribution is -0.139. The highest BCUT2D eigenvalue weighted by Gasteiger charge is 2.23. The number of carbonyl (C=O) groups excluding carboxylic acids is 1. The number of ether oxygens (including phenoxy) is 2. The average molecular weight is 227 g/mol. The molecule has 1 aliphatic heterocycles. The summed E-state index contributed by atoms with van der Waals surface area (Å²) in [7, 11) is 0. The van der Waals surface area contributed by atoms with Crippen molar-refractivity contribution in [2.45, 2.75) is 26.3 Å². The summed E-state index contributed by atoms with van der Waals surface area (Å²) < 4.78 is 10.3. The molecule has 1 fully saturated rings. The Morgan fingerprint density at radius 1 is 1.56 bits per heavy atom. The van der Waals surface area contributed by atoms with Gasteiger partial charge >= 0.3 is 5.97 Å². The second-order valence-corrected chi connectivity index (χ2v) is 3.93. The molecule has 0 aromatic carbocycles. The molecule has 4 nitrogen and oxygen atoms in total. The zero-order valence-corrected chi connectivity index (χ0v) is 10.2. The van der Waals surface area contributed by atoms with Gasteiger partial charge in [-0.3, -0.25) is 4.90 Å². The van der Waals surface area contributed by atoms with E-state index in [1.165, 1.54) is 0 Å². The summed E-state index contributed by atoms with van der Waals surface area (Å²) in [4.78, 5) is 13.7. The SMILES string of the molecule is C=C(CN1CCOCC1CC)C(=O)OCC. The van der Waals surface area contributed by atoms with Crippen LogP contribution in [0.15, 0.2) is 12.2 Å². The monoisotopic (exact) mass is 227 g/mol. The van der Waals surface area contributed by atoms with Gasteiger partial charge < -0.3 is 9.47 Å². The van der Waals surface area contributed by atoms with Crippen LogP contribution in [0.4, 0.5) is 0 Å². The first-order chi connectivity index (χ1) is 7.69. The summed E-state index contributed by atoms with van der Waals surface area (Å²) >= 11 is 0. The molecule has 0 radical (unpaired) electrons. The van der Waals surface area contributed by atoms with E-state index in [1.807, 2.05) is 0 Å². The molecule has 0 aromatic heterocycles. The normalized spacial score (nSPS) is 21.8. The summed E-state index contributed by atoms with van der Waals surface area (Å²) in [6.45, 7) is 11.0. The van der Waals surface area contributed by atoms with E-state index in [2.05, 4.69) is 18.4 Å². The van der Waals surface area contributed by atoms with Crippen LogP contribution in [0.5, 0.6) is 0 Å². The average Bonchev–Trinajstić information content (AvgIpc) is 2.30. The third kappa shape index (κ3) is 3.61. The van der Waals surface area contributed by atoms with Gasteiger partial charge in [0.2, 0.25) is 0 Å². The lowest BCUT2D eigenvalue weighted by Gasteiger charge is -2.35. The Morgan fingerprint density at radius 2 is 2.31 bits per heavy atom. The largest absolute Gasteiger partial charge is 0.463 e. The van der Waals surface area contributed by atoms with E-state index in [9.17, 15) is 4.79 Å². The fraction of sp³-hybridized carbons (Fsp3) is 0.750. The van der Waals surface area contributed by atoms with Crippen LogP contribution in [0.2, 0.25) is 0 Å². The fourth-order valence-corrected chi connectivity index (χ4v) is 1.82. The Morgan fingerprint density at radius 3 is 2.94 bits per heavy atom. The molecule has 1 heterocycles. The van der Waals surface area contributed by atoms with Crippen LogP contribution in [0.25, 0.3) is 0 Å². The lowest BCUT2D eigenvalue weighted by Crippen LogP contribution is -2.46. The molecule has 92 valence electrons. The third-order valence-electron chi connectivity index (χ3n) is 2.78. The number of carbonyl (C=O) groups is 1. The molecule has 0 aliphatic carbocycles. The van der Waals surface area contributed by atoms with Gasteiger partial charge in [-0.1, -0.05) is 13.5 Å². The van der Waals surface area contributed by atoms with Crippen molar-refractivity contribution >= 4 is 5.97 Å². The molecule has 0 N–H and O–H groups in total. The fourth-order valence-electron chi connectivity index (χ4n) is 1.82. The van der Waals surface area contributed by atoms with E-state index in [4.69, 9.17) is 9.47 Å². The first-order valence-corrected chi connectivity index (χ1v) is 5.85. The van der Waals surface area contributed by atoms with Gasteiger partial charge in [0.05, 0.1) is 19.8 Å². The second-order valence-electron chi connectivity index (χ2n) is 3.93. The van der Waals surface area contributed by atoms with Crippen LogP contribution in [0.1, 0.15) is 20.3 Å². The maximum atomic E-state index is 11.4. The summed E-state index contributed by atoms with van der Waals surface area (Å²) in [5.74, 6) is -0.288. The van der Waals surface area contributed by atoms with E-state index in [0.29, 0.717) is 24.8 Å². The number of rotatable bonds is 5. The van der Waals surface area contributed by atoms with Crippen molar-refractivity contribution in [3.05, 3.63) is 12.2 Å². The van der Waals surface area contributed by atoms with E-state index < -0.39 is 0 Å². The maximum absolute atomic E-state index is 11.4. The molecule has 1 saturated heterocycles. The molecule has 16 heavy (non-hydrogen) atoms. The van der Waals surface area contributed by atoms with Gasteiger partial charge in [0.15, 0.2) is 0 Å². The Kier molecular flexibility index (Phi) is 5.49. The van der Waals surface area contributed by atoms with Gasteiger partial charge in [-0.05, 0) is 13.3 Å². The zero-order chi connectivity index (χ0) is 12.0. The predicted molar refractivity (Wildman–Crippen MR) is 62.2 cm³/mol. The predicted octanol–water partition coefficient (Wildman–Crippen LogP) is 1.22. The molecule has 1 unspecified atom stereocenters. The smallest absolute Gasteiger partial charge is 0.334 e. The number of hydrogen-bond donors (Lipinski definition) is 0. The van der Waals surface area contributed by atoms with E-state index >= 15 is 0 Å². The van der Waals surface area contributed by atoms with Gasteiger partial charge in [0, 0.05) is 24.7 Å². The van der Waals surface area contributed by atoms with Crippen molar-refractivity contribution < 1.29 is 14.3 Å². The third-order valence-corrected chi connectivity index (χ3v) is 2.78. The van der Waals surface area contributed by atoms with Crippen LogP contribution in [-0.4, -0.2) is 49.8 Å². The minimum Gasteiger partial charge on any atom is -0.463 e. The Hall–Kier alpha value is -0.870. The van der Waals surface area contributed by atoms with E-state index in [1.54, 1.807) is 6.92 Å². The first-order valence-electron chi connectivity index (χ1n) is 5.85. The molecular weight excluding hydrogens is 206 g/mol. The Balaban J connectivity index is 2.44. The molecule has 0 aromatic rings. The number of esters is 1. The molecule has 0 saturated carbocycles. The number of morpholine rings is 1. The maximum Gasteiger partial charge on any atom is 0.334 e. The first kappa shape index (κ1) is 13.2. The molecule has 0 spiro atoms. The molecule has 1 atom stereocenters. The van der Waals surface area contributed by atoms with Gasteiger partial charge in [-0.2, -0.15) is 0 Å². The van der Waals surface area contributed by atoms with Crippen molar-refractivity contribution in [2.24, 2.45) is 0 Å². The molecule has 4 heteroatoms. The van der Waals surface area contributed by atoms with Crippen LogP contribution >= 0.6 is 0 Å². The molecule has 1 aliphatic rings. The Labute approximate surface area is 97.2 Å². The van der Waals surface area contributed by atoms with Gasteiger partial charge in [0.1, 0.15) is 0 Å². The zero-order valence-electron chi connectivity index (χ0n) is 10.2. The summed E-state index contributed by atoms with van der Waals surface area (Å²) in [5, 5.41) is 0. The highest BCUT2D eigenvalue weighted by molar-refractivity contribution is 5.88. The summed E-state index contributed by atoms with van der Waals surface area (Å²) in [6.07, 6.45) is 1.02. The molecular formula is C12H21NO3. The summed E-state index contributed by atoms with van der Waals surface area (Å²) in [6, 6.07) is 0.389. The topological polar surface area (TPSA) is 38.8 Å².